The van der Waals surface area contributed by atoms with Gasteiger partial charge in [-0.05, 0) is 25.7 Å². The van der Waals surface area contributed by atoms with Gasteiger partial charge in [0.05, 0.1) is 6.04 Å². The number of anilines is 2. The Kier molecular flexibility index (Phi) is 4.85. The highest BCUT2D eigenvalue weighted by molar-refractivity contribution is 6.32. The molecule has 0 radical (unpaired) electrons. The van der Waals surface area contributed by atoms with Crippen molar-refractivity contribution in [3.8, 4) is 0 Å². The molecule has 0 aromatic carbocycles. The van der Waals surface area contributed by atoms with Crippen molar-refractivity contribution < 1.29 is 4.79 Å². The Morgan fingerprint density at radius 3 is 2.91 bits per heavy atom. The topological polar surface area (TPSA) is 58.1 Å². The Labute approximate surface area is 142 Å². The third-order valence-electron chi connectivity index (χ3n) is 4.63. The molecule has 0 spiro atoms. The summed E-state index contributed by atoms with van der Waals surface area (Å²) in [6.07, 6.45) is 6.91. The second-order valence-corrected chi connectivity index (χ2v) is 6.49. The third kappa shape index (κ3) is 2.94. The van der Waals surface area contributed by atoms with Crippen molar-refractivity contribution in [2.75, 3.05) is 16.8 Å². The molecule has 5 nitrogen and oxygen atoms in total. The van der Waals surface area contributed by atoms with Gasteiger partial charge >= 0.3 is 0 Å². The van der Waals surface area contributed by atoms with E-state index in [1.807, 2.05) is 0 Å². The molecule has 1 aromatic heterocycles. The van der Waals surface area contributed by atoms with E-state index in [0.717, 1.165) is 61.4 Å². The molecule has 3 rings (SSSR count). The van der Waals surface area contributed by atoms with Gasteiger partial charge in [-0.15, -0.1) is 0 Å². The van der Waals surface area contributed by atoms with E-state index in [2.05, 4.69) is 34.0 Å². The normalized spacial score (nSPS) is 20.7. The number of hydrogen-bond acceptors (Lipinski definition) is 5. The second kappa shape index (κ2) is 6.87. The summed E-state index contributed by atoms with van der Waals surface area (Å²) in [5.41, 5.74) is 2.66. The van der Waals surface area contributed by atoms with Crippen LogP contribution >= 0.6 is 11.6 Å². The lowest BCUT2D eigenvalue weighted by Gasteiger charge is -2.33. The van der Waals surface area contributed by atoms with Crippen LogP contribution in [0, 0.1) is 0 Å². The summed E-state index contributed by atoms with van der Waals surface area (Å²) in [5.74, 6) is 1.07. The molecule has 1 unspecified atom stereocenters. The molecule has 1 aliphatic heterocycles. The van der Waals surface area contributed by atoms with E-state index in [0.29, 0.717) is 11.6 Å². The van der Waals surface area contributed by atoms with Crippen molar-refractivity contribution in [2.45, 2.75) is 58.4 Å². The SMILES string of the molecule is CCCCN1c2ncnc(Cl)c2NC2=C(C(=O)CCC2)C1CC. The van der Waals surface area contributed by atoms with Crippen molar-refractivity contribution in [3.63, 3.8) is 0 Å². The number of Topliss-reactive ketones (excluding diaryl/α,β-unsaturated/α-hetero) is 1. The Bertz CT molecular complexity index is 643. The maximum Gasteiger partial charge on any atom is 0.162 e. The van der Waals surface area contributed by atoms with Crippen molar-refractivity contribution in [1.29, 1.82) is 0 Å². The minimum atomic E-state index is 0.0593. The number of halogens is 1. The minimum absolute atomic E-state index is 0.0593. The fourth-order valence-electron chi connectivity index (χ4n) is 3.53. The molecule has 124 valence electrons. The molecule has 6 heteroatoms. The van der Waals surface area contributed by atoms with E-state index in [4.69, 9.17) is 11.6 Å². The summed E-state index contributed by atoms with van der Waals surface area (Å²) in [7, 11) is 0. The van der Waals surface area contributed by atoms with E-state index in [1.54, 1.807) is 0 Å². The summed E-state index contributed by atoms with van der Waals surface area (Å²) >= 11 is 6.32. The summed E-state index contributed by atoms with van der Waals surface area (Å²) in [6, 6.07) is 0.0593. The van der Waals surface area contributed by atoms with Crippen LogP contribution < -0.4 is 10.2 Å². The zero-order valence-electron chi connectivity index (χ0n) is 13.7. The van der Waals surface area contributed by atoms with Gasteiger partial charge < -0.3 is 10.2 Å². The zero-order valence-corrected chi connectivity index (χ0v) is 14.5. The maximum absolute atomic E-state index is 12.6. The second-order valence-electron chi connectivity index (χ2n) is 6.13. The molecule has 2 aliphatic rings. The molecule has 0 saturated carbocycles. The molecule has 2 heterocycles. The maximum atomic E-state index is 12.6. The molecule has 23 heavy (non-hydrogen) atoms. The number of rotatable bonds is 4. The van der Waals surface area contributed by atoms with Gasteiger partial charge in [0.25, 0.3) is 0 Å². The van der Waals surface area contributed by atoms with Crippen LogP contribution in [0.25, 0.3) is 0 Å². The minimum Gasteiger partial charge on any atom is -0.353 e. The number of fused-ring (bicyclic) bond motifs is 1. The average molecular weight is 335 g/mol. The Morgan fingerprint density at radius 2 is 2.17 bits per heavy atom. The van der Waals surface area contributed by atoms with Crippen LogP contribution in [0.2, 0.25) is 5.15 Å². The molecule has 0 bridgehead atoms. The largest absolute Gasteiger partial charge is 0.353 e. The highest BCUT2D eigenvalue weighted by Gasteiger charge is 2.35. The van der Waals surface area contributed by atoms with Crippen molar-refractivity contribution in [1.82, 2.24) is 9.97 Å². The monoisotopic (exact) mass is 334 g/mol. The zero-order chi connectivity index (χ0) is 16.4. The molecule has 1 aliphatic carbocycles. The Morgan fingerprint density at radius 1 is 1.35 bits per heavy atom. The van der Waals surface area contributed by atoms with Gasteiger partial charge in [-0.25, -0.2) is 9.97 Å². The average Bonchev–Trinajstić information content (AvgIpc) is 2.68. The first-order valence-electron chi connectivity index (χ1n) is 8.47. The highest BCUT2D eigenvalue weighted by Crippen LogP contribution is 2.40. The summed E-state index contributed by atoms with van der Waals surface area (Å²) in [6.45, 7) is 5.16. The Hall–Kier alpha value is -1.62. The molecule has 0 fully saturated rings. The highest BCUT2D eigenvalue weighted by atomic mass is 35.5. The van der Waals surface area contributed by atoms with Gasteiger partial charge in [0.1, 0.15) is 12.0 Å². The third-order valence-corrected chi connectivity index (χ3v) is 4.92. The van der Waals surface area contributed by atoms with E-state index in [9.17, 15) is 4.79 Å². The first-order chi connectivity index (χ1) is 11.2. The fourth-order valence-corrected chi connectivity index (χ4v) is 3.71. The van der Waals surface area contributed by atoms with Gasteiger partial charge in [0.2, 0.25) is 0 Å². The van der Waals surface area contributed by atoms with Gasteiger partial charge in [0, 0.05) is 24.2 Å². The molecular formula is C17H23ClN4O. The van der Waals surface area contributed by atoms with E-state index < -0.39 is 0 Å². The number of ketones is 1. The van der Waals surface area contributed by atoms with Crippen LogP contribution in [0.15, 0.2) is 17.6 Å². The van der Waals surface area contributed by atoms with Crippen LogP contribution in [-0.2, 0) is 4.79 Å². The van der Waals surface area contributed by atoms with Crippen LogP contribution in [-0.4, -0.2) is 28.3 Å². The summed E-state index contributed by atoms with van der Waals surface area (Å²) < 4.78 is 0. The summed E-state index contributed by atoms with van der Waals surface area (Å²) in [4.78, 5) is 23.5. The molecule has 0 saturated heterocycles. The van der Waals surface area contributed by atoms with Crippen molar-refractivity contribution in [3.05, 3.63) is 22.8 Å². The lowest BCUT2D eigenvalue weighted by molar-refractivity contribution is -0.116. The van der Waals surface area contributed by atoms with E-state index in [1.165, 1.54) is 6.33 Å². The van der Waals surface area contributed by atoms with Gasteiger partial charge in [-0.1, -0.05) is 31.9 Å². The van der Waals surface area contributed by atoms with Crippen molar-refractivity contribution in [2.24, 2.45) is 0 Å². The number of unbranched alkanes of at least 4 members (excludes halogenated alkanes) is 1. The number of nitrogens with one attached hydrogen (secondary N) is 1. The molecule has 0 amide bonds. The van der Waals surface area contributed by atoms with Crippen LogP contribution in [0.3, 0.4) is 0 Å². The first-order valence-corrected chi connectivity index (χ1v) is 8.85. The van der Waals surface area contributed by atoms with Crippen LogP contribution in [0.4, 0.5) is 11.5 Å². The Balaban J connectivity index is 2.14. The van der Waals surface area contributed by atoms with Gasteiger partial charge in [-0.2, -0.15) is 0 Å². The fraction of sp³-hybridized carbons (Fsp3) is 0.588. The molecule has 1 atom stereocenters. The molecular weight excluding hydrogens is 312 g/mol. The van der Waals surface area contributed by atoms with E-state index >= 15 is 0 Å². The predicted molar refractivity (Wildman–Crippen MR) is 92.9 cm³/mol. The number of nitrogens with zero attached hydrogens (tertiary/aromatic N) is 3. The van der Waals surface area contributed by atoms with Gasteiger partial charge in [-0.3, -0.25) is 4.79 Å². The number of hydrogen-bond donors (Lipinski definition) is 1. The van der Waals surface area contributed by atoms with Crippen LogP contribution in [0.5, 0.6) is 0 Å². The lowest BCUT2D eigenvalue weighted by atomic mass is 9.88. The summed E-state index contributed by atoms with van der Waals surface area (Å²) in [5, 5.41) is 3.81. The number of aromatic nitrogens is 2. The van der Waals surface area contributed by atoms with E-state index in [-0.39, 0.29) is 11.8 Å². The smallest absolute Gasteiger partial charge is 0.162 e. The van der Waals surface area contributed by atoms with Crippen LogP contribution in [0.1, 0.15) is 52.4 Å². The van der Waals surface area contributed by atoms with Crippen molar-refractivity contribution >= 4 is 28.9 Å². The number of allylic oxidation sites excluding steroid dienone is 1. The lowest BCUT2D eigenvalue weighted by Crippen LogP contribution is -2.40. The predicted octanol–water partition coefficient (Wildman–Crippen LogP) is 3.95. The van der Waals surface area contributed by atoms with Gasteiger partial charge in [0.15, 0.2) is 16.8 Å². The first kappa shape index (κ1) is 16.2. The quantitative estimate of drug-likeness (QED) is 0.845. The molecule has 1 aromatic rings. The standard InChI is InChI=1S/C17H23ClN4O/c1-3-5-9-22-12(4-2)14-11(7-6-8-13(14)23)21-15-16(18)19-10-20-17(15)22/h10,12,21H,3-9H2,1-2H3. The molecule has 1 N–H and O–H groups in total. The number of carbonyl (C=O) groups is 1. The number of carbonyl (C=O) groups excluding carboxylic acids is 1.